The first-order valence-corrected chi connectivity index (χ1v) is 12.4. The van der Waals surface area contributed by atoms with Crippen molar-refractivity contribution in [2.75, 3.05) is 45.8 Å². The molecule has 0 atom stereocenters. The fourth-order valence-corrected chi connectivity index (χ4v) is 4.46. The molecule has 9 heteroatoms. The number of amides is 1. The summed E-state index contributed by atoms with van der Waals surface area (Å²) in [6.45, 7) is 15.3. The van der Waals surface area contributed by atoms with Crippen LogP contribution in [-0.2, 0) is 17.8 Å². The molecule has 1 aromatic heterocycles. The minimum absolute atomic E-state index is 0. The zero-order valence-electron chi connectivity index (χ0n) is 19.7. The molecule has 7 nitrogen and oxygen atoms in total. The molecule has 2 rings (SSSR count). The lowest BCUT2D eigenvalue weighted by atomic mass is 9.97. The number of hydrogen-bond donors (Lipinski definition) is 2. The monoisotopic (exact) mass is 564 g/mol. The van der Waals surface area contributed by atoms with Crippen molar-refractivity contribution >= 4 is 47.2 Å². The Labute approximate surface area is 209 Å². The summed E-state index contributed by atoms with van der Waals surface area (Å²) in [6, 6.07) is 0. The molecule has 1 fully saturated rings. The van der Waals surface area contributed by atoms with Crippen LogP contribution in [0.25, 0.3) is 0 Å². The fourth-order valence-electron chi connectivity index (χ4n) is 3.72. The van der Waals surface area contributed by atoms with E-state index < -0.39 is 0 Å². The number of halogens is 1. The Hall–Kier alpha value is -0.940. The van der Waals surface area contributed by atoms with E-state index in [-0.39, 0.29) is 29.9 Å². The molecule has 0 aliphatic carbocycles. The van der Waals surface area contributed by atoms with Crippen LogP contribution in [0, 0.1) is 5.92 Å². The second-order valence-electron chi connectivity index (χ2n) is 7.77. The van der Waals surface area contributed by atoms with Gasteiger partial charge in [0.15, 0.2) is 5.96 Å². The number of aryl methyl sites for hydroxylation is 1. The van der Waals surface area contributed by atoms with Gasteiger partial charge >= 0.3 is 0 Å². The molecule has 0 spiro atoms. The third-order valence-corrected chi connectivity index (χ3v) is 6.64. The largest absolute Gasteiger partial charge is 0.357 e. The predicted octanol–water partition coefficient (Wildman–Crippen LogP) is 3.35. The lowest BCUT2D eigenvalue weighted by Crippen LogP contribution is -2.40. The minimum Gasteiger partial charge on any atom is -0.357 e. The van der Waals surface area contributed by atoms with Crippen LogP contribution < -0.4 is 10.6 Å². The lowest BCUT2D eigenvalue weighted by Gasteiger charge is -2.30. The van der Waals surface area contributed by atoms with E-state index in [4.69, 9.17) is 9.98 Å². The molecule has 1 saturated heterocycles. The van der Waals surface area contributed by atoms with Gasteiger partial charge in [0, 0.05) is 51.1 Å². The number of likely N-dealkylation sites (tertiary alicyclic amines) is 1. The molecular weight excluding hydrogens is 523 g/mol. The molecule has 1 aliphatic heterocycles. The van der Waals surface area contributed by atoms with Crippen LogP contribution in [-0.4, -0.2) is 72.5 Å². The lowest BCUT2D eigenvalue weighted by molar-refractivity contribution is -0.130. The van der Waals surface area contributed by atoms with Gasteiger partial charge in [-0.1, -0.05) is 6.92 Å². The first-order valence-electron chi connectivity index (χ1n) is 11.5. The van der Waals surface area contributed by atoms with Crippen molar-refractivity contribution in [2.24, 2.45) is 10.9 Å². The van der Waals surface area contributed by atoms with Gasteiger partial charge in [0.2, 0.25) is 5.91 Å². The van der Waals surface area contributed by atoms with Crippen molar-refractivity contribution in [2.45, 2.75) is 59.9 Å². The van der Waals surface area contributed by atoms with Gasteiger partial charge in [0.05, 0.1) is 10.7 Å². The van der Waals surface area contributed by atoms with Crippen LogP contribution in [0.3, 0.4) is 0 Å². The van der Waals surface area contributed by atoms with E-state index in [0.29, 0.717) is 18.9 Å². The SMILES string of the molecule is CCNC(=NCC1CCN(Cc2csc(CC)n2)CC1)NCCC(=O)N(CC)CC.I. The van der Waals surface area contributed by atoms with Crippen molar-refractivity contribution in [1.29, 1.82) is 0 Å². The predicted molar refractivity (Wildman–Crippen MR) is 141 cm³/mol. The Balaban J connectivity index is 0.00000480. The van der Waals surface area contributed by atoms with Crippen molar-refractivity contribution in [1.82, 2.24) is 25.4 Å². The van der Waals surface area contributed by atoms with Crippen molar-refractivity contribution < 1.29 is 4.79 Å². The van der Waals surface area contributed by atoms with Crippen molar-refractivity contribution in [3.8, 4) is 0 Å². The number of hydrogen-bond acceptors (Lipinski definition) is 5. The van der Waals surface area contributed by atoms with E-state index in [0.717, 1.165) is 58.2 Å². The maximum absolute atomic E-state index is 12.1. The fraction of sp³-hybridized carbons (Fsp3) is 0.773. The molecule has 31 heavy (non-hydrogen) atoms. The van der Waals surface area contributed by atoms with E-state index in [1.807, 2.05) is 18.7 Å². The van der Waals surface area contributed by atoms with E-state index in [1.165, 1.54) is 23.5 Å². The second-order valence-corrected chi connectivity index (χ2v) is 8.71. The average Bonchev–Trinajstić information content (AvgIpc) is 3.21. The number of aliphatic imine (C=N–C) groups is 1. The summed E-state index contributed by atoms with van der Waals surface area (Å²) in [7, 11) is 0. The summed E-state index contributed by atoms with van der Waals surface area (Å²) in [4.78, 5) is 26.0. The molecule has 1 aromatic rings. The summed E-state index contributed by atoms with van der Waals surface area (Å²) >= 11 is 1.77. The van der Waals surface area contributed by atoms with Gasteiger partial charge in [-0.2, -0.15) is 0 Å². The van der Waals surface area contributed by atoms with Crippen LogP contribution in [0.2, 0.25) is 0 Å². The summed E-state index contributed by atoms with van der Waals surface area (Å²) in [5, 5.41) is 10.1. The smallest absolute Gasteiger partial charge is 0.224 e. The van der Waals surface area contributed by atoms with Gasteiger partial charge in [-0.3, -0.25) is 14.7 Å². The Bertz CT molecular complexity index is 656. The van der Waals surface area contributed by atoms with Crippen LogP contribution in [0.5, 0.6) is 0 Å². The number of aromatic nitrogens is 1. The van der Waals surface area contributed by atoms with Crippen molar-refractivity contribution in [3.05, 3.63) is 16.1 Å². The van der Waals surface area contributed by atoms with Gasteiger partial charge in [-0.15, -0.1) is 35.3 Å². The highest BCUT2D eigenvalue weighted by atomic mass is 127. The minimum atomic E-state index is 0. The van der Waals surface area contributed by atoms with Gasteiger partial charge in [0.1, 0.15) is 0 Å². The zero-order chi connectivity index (χ0) is 21.8. The number of rotatable bonds is 11. The van der Waals surface area contributed by atoms with Gasteiger partial charge in [0.25, 0.3) is 0 Å². The topological polar surface area (TPSA) is 72.9 Å². The highest BCUT2D eigenvalue weighted by Crippen LogP contribution is 2.20. The molecule has 2 N–H and O–H groups in total. The highest BCUT2D eigenvalue weighted by molar-refractivity contribution is 14.0. The van der Waals surface area contributed by atoms with E-state index >= 15 is 0 Å². The normalized spacial score (nSPS) is 15.4. The van der Waals surface area contributed by atoms with Crippen LogP contribution in [0.1, 0.15) is 57.7 Å². The number of nitrogens with zero attached hydrogens (tertiary/aromatic N) is 4. The Morgan fingerprint density at radius 1 is 1.23 bits per heavy atom. The molecule has 0 radical (unpaired) electrons. The molecule has 1 aliphatic rings. The molecule has 0 aromatic carbocycles. The number of piperidine rings is 1. The van der Waals surface area contributed by atoms with E-state index in [9.17, 15) is 4.79 Å². The molecule has 178 valence electrons. The molecule has 0 saturated carbocycles. The van der Waals surface area contributed by atoms with Crippen LogP contribution >= 0.6 is 35.3 Å². The molecule has 0 unspecified atom stereocenters. The third kappa shape index (κ3) is 10.0. The number of carbonyl (C=O) groups is 1. The average molecular weight is 565 g/mol. The maximum Gasteiger partial charge on any atom is 0.224 e. The molecular formula is C22H41IN6OS. The number of thiazole rings is 1. The summed E-state index contributed by atoms with van der Waals surface area (Å²) in [5.41, 5.74) is 1.21. The Morgan fingerprint density at radius 3 is 2.52 bits per heavy atom. The number of carbonyl (C=O) groups excluding carboxylic acids is 1. The summed E-state index contributed by atoms with van der Waals surface area (Å²) < 4.78 is 0. The molecule has 2 heterocycles. The Kier molecular flexibility index (Phi) is 14.3. The number of guanidine groups is 1. The quantitative estimate of drug-likeness (QED) is 0.245. The standard InChI is InChI=1S/C22H40N6OS.HI/c1-5-20-26-19(17-30-20)16-27-13-10-18(11-14-27)15-25-22(23-6-2)24-12-9-21(29)28(7-3)8-4;/h17-18H,5-16H2,1-4H3,(H2,23,24,25);1H. The highest BCUT2D eigenvalue weighted by Gasteiger charge is 2.20. The van der Waals surface area contributed by atoms with Crippen LogP contribution in [0.15, 0.2) is 10.4 Å². The van der Waals surface area contributed by atoms with E-state index in [2.05, 4.69) is 34.8 Å². The van der Waals surface area contributed by atoms with Gasteiger partial charge < -0.3 is 15.5 Å². The maximum atomic E-state index is 12.1. The van der Waals surface area contributed by atoms with Gasteiger partial charge in [-0.05, 0) is 59.0 Å². The molecule has 1 amide bonds. The third-order valence-electron chi connectivity index (χ3n) is 5.59. The second kappa shape index (κ2) is 15.8. The zero-order valence-corrected chi connectivity index (χ0v) is 22.8. The van der Waals surface area contributed by atoms with E-state index in [1.54, 1.807) is 11.3 Å². The molecule has 0 bridgehead atoms. The van der Waals surface area contributed by atoms with Gasteiger partial charge in [-0.25, -0.2) is 4.98 Å². The number of nitrogens with one attached hydrogen (secondary N) is 2. The first-order chi connectivity index (χ1) is 14.6. The summed E-state index contributed by atoms with van der Waals surface area (Å²) in [5.74, 6) is 1.64. The Morgan fingerprint density at radius 2 is 1.94 bits per heavy atom. The first kappa shape index (κ1) is 28.1. The van der Waals surface area contributed by atoms with Crippen LogP contribution in [0.4, 0.5) is 0 Å². The van der Waals surface area contributed by atoms with Crippen molar-refractivity contribution in [3.63, 3.8) is 0 Å². The summed E-state index contributed by atoms with van der Waals surface area (Å²) in [6.07, 6.45) is 3.87.